The maximum atomic E-state index is 12.7. The maximum Gasteiger partial charge on any atom is 0.226 e. The van der Waals surface area contributed by atoms with E-state index in [1.807, 2.05) is 12.3 Å². The summed E-state index contributed by atoms with van der Waals surface area (Å²) in [5.41, 5.74) is 2.37. The molecule has 2 aliphatic rings. The summed E-state index contributed by atoms with van der Waals surface area (Å²) in [4.78, 5) is 21.7. The first-order chi connectivity index (χ1) is 12.3. The van der Waals surface area contributed by atoms with Gasteiger partial charge < -0.3 is 4.90 Å². The molecule has 2 heterocycles. The molecule has 1 amide bonds. The van der Waals surface area contributed by atoms with Gasteiger partial charge >= 0.3 is 0 Å². The van der Waals surface area contributed by atoms with E-state index in [1.165, 1.54) is 10.9 Å². The topological polar surface area (TPSA) is 36.4 Å². The lowest BCUT2D eigenvalue weighted by Gasteiger charge is -2.36. The van der Waals surface area contributed by atoms with Crippen LogP contribution >= 0.6 is 0 Å². The van der Waals surface area contributed by atoms with Gasteiger partial charge in [-0.3, -0.25) is 14.7 Å². The highest BCUT2D eigenvalue weighted by molar-refractivity contribution is 5.81. The normalized spacial score (nSPS) is 21.6. The van der Waals surface area contributed by atoms with Crippen molar-refractivity contribution in [2.45, 2.75) is 25.8 Å². The fourth-order valence-corrected chi connectivity index (χ4v) is 3.94. The summed E-state index contributed by atoms with van der Waals surface area (Å²) in [5.74, 6) is 0.564. The summed E-state index contributed by atoms with van der Waals surface area (Å²) >= 11 is 0. The first-order valence-corrected chi connectivity index (χ1v) is 9.30. The average molecular weight is 335 g/mol. The molecule has 1 aliphatic carbocycles. The zero-order chi connectivity index (χ0) is 17.1. The van der Waals surface area contributed by atoms with Gasteiger partial charge in [0.1, 0.15) is 0 Å². The molecule has 1 aromatic carbocycles. The van der Waals surface area contributed by atoms with Crippen LogP contribution in [0.5, 0.6) is 0 Å². The minimum atomic E-state index is 0.207. The van der Waals surface area contributed by atoms with E-state index < -0.39 is 0 Å². The van der Waals surface area contributed by atoms with Crippen LogP contribution in [0.25, 0.3) is 10.9 Å². The molecule has 1 aliphatic heterocycles. The predicted molar refractivity (Wildman–Crippen MR) is 100 cm³/mol. The van der Waals surface area contributed by atoms with Crippen LogP contribution in [-0.2, 0) is 11.3 Å². The summed E-state index contributed by atoms with van der Waals surface area (Å²) in [6, 6.07) is 10.5. The van der Waals surface area contributed by atoms with Crippen LogP contribution in [0, 0.1) is 5.92 Å². The maximum absolute atomic E-state index is 12.7. The molecule has 25 heavy (non-hydrogen) atoms. The van der Waals surface area contributed by atoms with Gasteiger partial charge in [-0.05, 0) is 30.9 Å². The van der Waals surface area contributed by atoms with Gasteiger partial charge in [0, 0.05) is 50.2 Å². The minimum Gasteiger partial charge on any atom is -0.340 e. The molecule has 0 N–H and O–H groups in total. The number of fused-ring (bicyclic) bond motifs is 1. The van der Waals surface area contributed by atoms with Crippen LogP contribution in [0.2, 0.25) is 0 Å². The Bertz CT molecular complexity index is 772. The van der Waals surface area contributed by atoms with Crippen LogP contribution in [0.15, 0.2) is 48.7 Å². The molecule has 4 heteroatoms. The number of hydrogen-bond donors (Lipinski definition) is 0. The molecule has 4 rings (SSSR count). The monoisotopic (exact) mass is 335 g/mol. The number of rotatable bonds is 3. The van der Waals surface area contributed by atoms with E-state index in [4.69, 9.17) is 0 Å². The van der Waals surface area contributed by atoms with Crippen molar-refractivity contribution in [3.63, 3.8) is 0 Å². The van der Waals surface area contributed by atoms with Crippen molar-refractivity contribution in [2.75, 3.05) is 26.2 Å². The third-order valence-corrected chi connectivity index (χ3v) is 5.41. The Morgan fingerprint density at radius 3 is 2.72 bits per heavy atom. The summed E-state index contributed by atoms with van der Waals surface area (Å²) in [6.07, 6.45) is 9.19. The lowest BCUT2D eigenvalue weighted by molar-refractivity contribution is -0.137. The van der Waals surface area contributed by atoms with Crippen molar-refractivity contribution < 1.29 is 4.79 Å². The highest BCUT2D eigenvalue weighted by Crippen LogP contribution is 2.22. The number of allylic oxidation sites excluding steroid dienone is 2. The molecule has 1 saturated heterocycles. The Morgan fingerprint density at radius 1 is 1.08 bits per heavy atom. The molecule has 4 nitrogen and oxygen atoms in total. The van der Waals surface area contributed by atoms with Gasteiger partial charge in [-0.1, -0.05) is 36.4 Å². The van der Waals surface area contributed by atoms with Crippen molar-refractivity contribution in [1.82, 2.24) is 14.8 Å². The number of piperazine rings is 1. The van der Waals surface area contributed by atoms with Crippen LogP contribution in [-0.4, -0.2) is 46.9 Å². The molecule has 0 spiro atoms. The molecule has 0 bridgehead atoms. The summed E-state index contributed by atoms with van der Waals surface area (Å²) in [5, 5.41) is 1.19. The van der Waals surface area contributed by atoms with Gasteiger partial charge in [0.2, 0.25) is 5.91 Å². The third kappa shape index (κ3) is 3.59. The van der Waals surface area contributed by atoms with Crippen LogP contribution in [0.4, 0.5) is 0 Å². The van der Waals surface area contributed by atoms with Crippen LogP contribution < -0.4 is 0 Å². The number of benzene rings is 1. The number of carbonyl (C=O) groups is 1. The molecule has 2 aromatic rings. The third-order valence-electron chi connectivity index (χ3n) is 5.41. The van der Waals surface area contributed by atoms with Crippen LogP contribution in [0.3, 0.4) is 0 Å². The average Bonchev–Trinajstić information content (AvgIpc) is 2.69. The number of amides is 1. The van der Waals surface area contributed by atoms with E-state index in [1.54, 1.807) is 0 Å². The predicted octanol–water partition coefficient (Wildman–Crippen LogP) is 3.24. The Balaban J connectivity index is 1.37. The first-order valence-electron chi connectivity index (χ1n) is 9.30. The van der Waals surface area contributed by atoms with Gasteiger partial charge in [0.15, 0.2) is 0 Å². The fourth-order valence-electron chi connectivity index (χ4n) is 3.94. The molecular weight excluding hydrogens is 310 g/mol. The minimum absolute atomic E-state index is 0.207. The summed E-state index contributed by atoms with van der Waals surface area (Å²) < 4.78 is 0. The second kappa shape index (κ2) is 7.36. The van der Waals surface area contributed by atoms with Crippen molar-refractivity contribution in [3.05, 3.63) is 54.2 Å². The van der Waals surface area contributed by atoms with E-state index in [0.717, 1.165) is 57.5 Å². The lowest BCUT2D eigenvalue weighted by Crippen LogP contribution is -2.50. The molecule has 0 unspecified atom stereocenters. The number of pyridine rings is 1. The number of para-hydroxylation sites is 1. The number of aromatic nitrogens is 1. The van der Waals surface area contributed by atoms with Gasteiger partial charge in [-0.25, -0.2) is 0 Å². The Hall–Kier alpha value is -2.20. The summed E-state index contributed by atoms with van der Waals surface area (Å²) in [6.45, 7) is 4.48. The summed E-state index contributed by atoms with van der Waals surface area (Å²) in [7, 11) is 0. The number of carbonyl (C=O) groups excluding carboxylic acids is 1. The zero-order valence-corrected chi connectivity index (χ0v) is 14.6. The van der Waals surface area contributed by atoms with Crippen molar-refractivity contribution in [1.29, 1.82) is 0 Å². The molecule has 1 aromatic heterocycles. The van der Waals surface area contributed by atoms with Crippen molar-refractivity contribution >= 4 is 16.8 Å². The molecule has 1 fully saturated rings. The second-order valence-corrected chi connectivity index (χ2v) is 7.08. The highest BCUT2D eigenvalue weighted by Gasteiger charge is 2.27. The van der Waals surface area contributed by atoms with Gasteiger partial charge in [-0.15, -0.1) is 0 Å². The standard InChI is InChI=1S/C21H25N3O/c25-21(18-6-2-1-3-7-18)24-14-12-23(13-15-24)16-19-9-4-8-17-10-5-11-22-20(17)19/h1-2,4-5,8-11,18H,3,6-7,12-16H2/t18-/m1/s1. The first kappa shape index (κ1) is 16.3. The van der Waals surface area contributed by atoms with E-state index >= 15 is 0 Å². The van der Waals surface area contributed by atoms with Gasteiger partial charge in [0.25, 0.3) is 0 Å². The van der Waals surface area contributed by atoms with E-state index in [2.05, 4.69) is 51.2 Å². The van der Waals surface area contributed by atoms with E-state index in [0.29, 0.717) is 5.91 Å². The van der Waals surface area contributed by atoms with Gasteiger partial charge in [0.05, 0.1) is 5.52 Å². The number of hydrogen-bond acceptors (Lipinski definition) is 3. The van der Waals surface area contributed by atoms with Crippen molar-refractivity contribution in [3.8, 4) is 0 Å². The molecule has 0 radical (unpaired) electrons. The molecule has 130 valence electrons. The fraction of sp³-hybridized carbons (Fsp3) is 0.429. The smallest absolute Gasteiger partial charge is 0.226 e. The van der Waals surface area contributed by atoms with E-state index in [9.17, 15) is 4.79 Å². The van der Waals surface area contributed by atoms with Crippen LogP contribution in [0.1, 0.15) is 24.8 Å². The lowest BCUT2D eigenvalue weighted by atomic mass is 9.93. The zero-order valence-electron chi connectivity index (χ0n) is 14.6. The molecule has 1 atom stereocenters. The van der Waals surface area contributed by atoms with E-state index in [-0.39, 0.29) is 5.92 Å². The molecular formula is C21H25N3O. The Morgan fingerprint density at radius 2 is 1.92 bits per heavy atom. The second-order valence-electron chi connectivity index (χ2n) is 7.08. The number of nitrogens with zero attached hydrogens (tertiary/aromatic N) is 3. The molecule has 0 saturated carbocycles. The quantitative estimate of drug-likeness (QED) is 0.808. The SMILES string of the molecule is O=C([C@@H]1CC=CCC1)N1CCN(Cc2cccc3cccnc23)CC1. The van der Waals surface area contributed by atoms with Gasteiger partial charge in [-0.2, -0.15) is 0 Å². The highest BCUT2D eigenvalue weighted by atomic mass is 16.2. The van der Waals surface area contributed by atoms with Crippen molar-refractivity contribution in [2.24, 2.45) is 5.92 Å². The largest absolute Gasteiger partial charge is 0.340 e. The Labute approximate surface area is 149 Å². The Kier molecular flexibility index (Phi) is 4.79.